The van der Waals surface area contributed by atoms with Crippen molar-refractivity contribution in [2.24, 2.45) is 0 Å². The van der Waals surface area contributed by atoms with E-state index in [-0.39, 0.29) is 5.82 Å². The smallest absolute Gasteiger partial charge is 0.160 e. The van der Waals surface area contributed by atoms with Crippen molar-refractivity contribution in [3.63, 3.8) is 0 Å². The lowest BCUT2D eigenvalue weighted by atomic mass is 10.1. The molecule has 0 spiro atoms. The summed E-state index contributed by atoms with van der Waals surface area (Å²) in [7, 11) is 0. The molecule has 0 saturated carbocycles. The SMILES string of the molecule is N#Cc1nc(I)sc1-c1ccc(F)cc1. The van der Waals surface area contributed by atoms with Gasteiger partial charge in [0, 0.05) is 0 Å². The van der Waals surface area contributed by atoms with Gasteiger partial charge in [-0.3, -0.25) is 0 Å². The summed E-state index contributed by atoms with van der Waals surface area (Å²) in [5.41, 5.74) is 1.23. The van der Waals surface area contributed by atoms with Crippen LogP contribution in [0.1, 0.15) is 5.69 Å². The van der Waals surface area contributed by atoms with E-state index < -0.39 is 0 Å². The maximum absolute atomic E-state index is 12.7. The number of nitriles is 1. The highest BCUT2D eigenvalue weighted by Crippen LogP contribution is 2.30. The van der Waals surface area contributed by atoms with E-state index in [1.54, 1.807) is 12.1 Å². The Morgan fingerprint density at radius 1 is 1.33 bits per heavy atom. The van der Waals surface area contributed by atoms with Gasteiger partial charge in [-0.15, -0.1) is 11.3 Å². The maximum atomic E-state index is 12.7. The molecule has 5 heteroatoms. The van der Waals surface area contributed by atoms with Crippen molar-refractivity contribution >= 4 is 33.9 Å². The van der Waals surface area contributed by atoms with Crippen molar-refractivity contribution in [1.82, 2.24) is 4.98 Å². The van der Waals surface area contributed by atoms with Gasteiger partial charge in [0.1, 0.15) is 11.9 Å². The van der Waals surface area contributed by atoms with Crippen LogP contribution in [0.5, 0.6) is 0 Å². The molecule has 1 aromatic carbocycles. The predicted molar refractivity (Wildman–Crippen MR) is 64.9 cm³/mol. The maximum Gasteiger partial charge on any atom is 0.160 e. The van der Waals surface area contributed by atoms with Gasteiger partial charge >= 0.3 is 0 Å². The summed E-state index contributed by atoms with van der Waals surface area (Å²) in [4.78, 5) is 4.87. The average molecular weight is 330 g/mol. The van der Waals surface area contributed by atoms with Gasteiger partial charge in [-0.2, -0.15) is 5.26 Å². The lowest BCUT2D eigenvalue weighted by Gasteiger charge is -1.96. The molecule has 0 atom stereocenters. The second-order valence-corrected chi connectivity index (χ2v) is 5.52. The van der Waals surface area contributed by atoms with Crippen LogP contribution in [0.4, 0.5) is 4.39 Å². The van der Waals surface area contributed by atoms with Crippen molar-refractivity contribution in [3.05, 3.63) is 38.8 Å². The van der Waals surface area contributed by atoms with E-state index in [9.17, 15) is 4.39 Å². The highest BCUT2D eigenvalue weighted by molar-refractivity contribution is 14.1. The van der Waals surface area contributed by atoms with Crippen LogP contribution < -0.4 is 0 Å². The quantitative estimate of drug-likeness (QED) is 0.751. The summed E-state index contributed by atoms with van der Waals surface area (Å²) in [6.07, 6.45) is 0. The largest absolute Gasteiger partial charge is 0.219 e. The lowest BCUT2D eigenvalue weighted by Crippen LogP contribution is -1.80. The number of nitrogens with zero attached hydrogens (tertiary/aromatic N) is 2. The molecule has 0 aliphatic carbocycles. The van der Waals surface area contributed by atoms with E-state index in [0.29, 0.717) is 5.69 Å². The monoisotopic (exact) mass is 330 g/mol. The van der Waals surface area contributed by atoms with Crippen LogP contribution in [0.15, 0.2) is 24.3 Å². The number of aromatic nitrogens is 1. The summed E-state index contributed by atoms with van der Waals surface area (Å²) in [6.45, 7) is 0. The molecule has 0 bridgehead atoms. The molecule has 1 heterocycles. The zero-order valence-corrected chi connectivity index (χ0v) is 10.3. The Kier molecular flexibility index (Phi) is 2.98. The van der Waals surface area contributed by atoms with E-state index in [0.717, 1.165) is 13.5 Å². The predicted octanol–water partition coefficient (Wildman–Crippen LogP) is 3.43. The van der Waals surface area contributed by atoms with Gasteiger partial charge in [-0.25, -0.2) is 9.37 Å². The van der Waals surface area contributed by atoms with E-state index in [4.69, 9.17) is 5.26 Å². The minimum Gasteiger partial charge on any atom is -0.219 e. The molecule has 0 unspecified atom stereocenters. The molecule has 2 aromatic rings. The van der Waals surface area contributed by atoms with Crippen LogP contribution in [0.25, 0.3) is 10.4 Å². The third kappa shape index (κ3) is 2.16. The summed E-state index contributed by atoms with van der Waals surface area (Å²) in [5.74, 6) is -0.281. The third-order valence-electron chi connectivity index (χ3n) is 1.81. The first-order chi connectivity index (χ1) is 7.20. The van der Waals surface area contributed by atoms with Crippen LogP contribution in [0, 0.1) is 20.2 Å². The highest BCUT2D eigenvalue weighted by atomic mass is 127. The molecule has 0 fully saturated rings. The second kappa shape index (κ2) is 4.24. The summed E-state index contributed by atoms with van der Waals surface area (Å²) in [6, 6.07) is 8.09. The Bertz CT molecular complexity index is 527. The zero-order valence-electron chi connectivity index (χ0n) is 7.37. The van der Waals surface area contributed by atoms with Crippen LogP contribution >= 0.6 is 33.9 Å². The van der Waals surface area contributed by atoms with Crippen molar-refractivity contribution in [2.45, 2.75) is 0 Å². The van der Waals surface area contributed by atoms with E-state index in [2.05, 4.69) is 27.6 Å². The number of hydrogen-bond donors (Lipinski definition) is 0. The number of hydrogen-bond acceptors (Lipinski definition) is 3. The van der Waals surface area contributed by atoms with Gasteiger partial charge in [0.05, 0.1) is 4.88 Å². The molecule has 0 radical (unpaired) electrons. The number of halogens is 2. The Morgan fingerprint density at radius 2 is 2.00 bits per heavy atom. The first kappa shape index (κ1) is 10.5. The Hall–Kier alpha value is -1.00. The highest BCUT2D eigenvalue weighted by Gasteiger charge is 2.10. The Balaban J connectivity index is 2.54. The first-order valence-corrected chi connectivity index (χ1v) is 5.92. The summed E-state index contributed by atoms with van der Waals surface area (Å²) in [5, 5.41) is 8.86. The molecule has 74 valence electrons. The normalized spacial score (nSPS) is 9.93. The van der Waals surface area contributed by atoms with Crippen molar-refractivity contribution < 1.29 is 4.39 Å². The average Bonchev–Trinajstić information content (AvgIpc) is 2.61. The van der Waals surface area contributed by atoms with Crippen molar-refractivity contribution in [3.8, 4) is 16.5 Å². The number of thiazole rings is 1. The zero-order chi connectivity index (χ0) is 10.8. The molecule has 2 nitrogen and oxygen atoms in total. The fraction of sp³-hybridized carbons (Fsp3) is 0. The standard InChI is InChI=1S/C10H4FIN2S/c11-7-3-1-6(2-4-7)9-8(5-13)14-10(12)15-9/h1-4H. The molecule has 0 aliphatic heterocycles. The topological polar surface area (TPSA) is 36.7 Å². The molecule has 0 aliphatic rings. The molecular weight excluding hydrogens is 326 g/mol. The van der Waals surface area contributed by atoms with E-state index >= 15 is 0 Å². The van der Waals surface area contributed by atoms with Crippen LogP contribution in [0.3, 0.4) is 0 Å². The van der Waals surface area contributed by atoms with Crippen molar-refractivity contribution in [2.75, 3.05) is 0 Å². The van der Waals surface area contributed by atoms with Gasteiger partial charge in [-0.05, 0) is 40.3 Å². The van der Waals surface area contributed by atoms with Gasteiger partial charge < -0.3 is 0 Å². The Labute approximate surface area is 104 Å². The fourth-order valence-corrected chi connectivity index (χ4v) is 2.82. The lowest BCUT2D eigenvalue weighted by molar-refractivity contribution is 0.628. The molecule has 0 N–H and O–H groups in total. The van der Waals surface area contributed by atoms with Crippen LogP contribution in [-0.2, 0) is 0 Å². The van der Waals surface area contributed by atoms with E-state index in [1.165, 1.54) is 23.5 Å². The Morgan fingerprint density at radius 3 is 2.60 bits per heavy atom. The molecule has 15 heavy (non-hydrogen) atoms. The summed E-state index contributed by atoms with van der Waals surface area (Å²) >= 11 is 3.49. The molecule has 0 amide bonds. The minimum absolute atomic E-state index is 0.281. The van der Waals surface area contributed by atoms with E-state index in [1.807, 2.05) is 6.07 Å². The minimum atomic E-state index is -0.281. The number of benzene rings is 1. The van der Waals surface area contributed by atoms with Gasteiger partial charge in [-0.1, -0.05) is 12.1 Å². The van der Waals surface area contributed by atoms with Crippen molar-refractivity contribution in [1.29, 1.82) is 5.26 Å². The fourth-order valence-electron chi connectivity index (χ4n) is 1.17. The first-order valence-electron chi connectivity index (χ1n) is 4.03. The molecule has 1 aromatic heterocycles. The molecular formula is C10H4FIN2S. The summed E-state index contributed by atoms with van der Waals surface area (Å²) < 4.78 is 13.5. The van der Waals surface area contributed by atoms with Gasteiger partial charge in [0.2, 0.25) is 0 Å². The third-order valence-corrected chi connectivity index (χ3v) is 3.61. The molecule has 2 rings (SSSR count). The van der Waals surface area contributed by atoms with Gasteiger partial charge in [0.25, 0.3) is 0 Å². The van der Waals surface area contributed by atoms with Gasteiger partial charge in [0.15, 0.2) is 8.71 Å². The van der Waals surface area contributed by atoms with Crippen LogP contribution in [-0.4, -0.2) is 4.98 Å². The number of rotatable bonds is 1. The van der Waals surface area contributed by atoms with Crippen LogP contribution in [0.2, 0.25) is 0 Å². The second-order valence-electron chi connectivity index (χ2n) is 2.76. The molecule has 0 saturated heterocycles.